The maximum absolute atomic E-state index is 12.1. The molecule has 3 aromatic rings. The number of aryl methyl sites for hydroxylation is 1. The van der Waals surface area contributed by atoms with Gasteiger partial charge >= 0.3 is 0 Å². The van der Waals surface area contributed by atoms with Gasteiger partial charge < -0.3 is 10.1 Å². The lowest BCUT2D eigenvalue weighted by Crippen LogP contribution is -2.12. The highest BCUT2D eigenvalue weighted by atomic mass is 35.5. The fourth-order valence-electron chi connectivity index (χ4n) is 2.71. The van der Waals surface area contributed by atoms with Gasteiger partial charge in [0.1, 0.15) is 11.5 Å². The van der Waals surface area contributed by atoms with E-state index in [2.05, 4.69) is 5.32 Å². The second-order valence-corrected chi connectivity index (χ2v) is 6.94. The number of hydrogen-bond acceptors (Lipinski definition) is 6. The molecule has 0 radical (unpaired) electrons. The summed E-state index contributed by atoms with van der Waals surface area (Å²) < 4.78 is 5.53. The lowest BCUT2D eigenvalue weighted by Gasteiger charge is -2.08. The highest BCUT2D eigenvalue weighted by Gasteiger charge is 2.17. The van der Waals surface area contributed by atoms with Crippen LogP contribution in [-0.2, 0) is 11.2 Å². The molecule has 0 bridgehead atoms. The maximum atomic E-state index is 12.1. The van der Waals surface area contributed by atoms with Gasteiger partial charge in [0.05, 0.1) is 28.0 Å². The van der Waals surface area contributed by atoms with Crippen molar-refractivity contribution < 1.29 is 19.4 Å². The van der Waals surface area contributed by atoms with Crippen LogP contribution in [0.5, 0.6) is 11.5 Å². The molecule has 0 heterocycles. The Labute approximate surface area is 181 Å². The summed E-state index contributed by atoms with van der Waals surface area (Å²) in [5, 5.41) is 25.3. The van der Waals surface area contributed by atoms with Crippen LogP contribution in [0.3, 0.4) is 0 Å². The second-order valence-electron chi connectivity index (χ2n) is 6.50. The standard InChI is InChI=1S/C21H16ClN3O6/c22-15-4-6-16(7-5-15)23-21(26)10-3-14-1-8-19(9-2-14)31-20-12-17(24(27)28)11-18(13-20)25(29)30/h1-2,4-9,11-13H,3,10H2,(H,23,26). The Kier molecular flexibility index (Phi) is 6.78. The van der Waals surface area contributed by atoms with Crippen molar-refractivity contribution >= 4 is 34.6 Å². The van der Waals surface area contributed by atoms with Gasteiger partial charge in [0.15, 0.2) is 0 Å². The Morgan fingerprint density at radius 3 is 2.00 bits per heavy atom. The lowest BCUT2D eigenvalue weighted by atomic mass is 10.1. The minimum absolute atomic E-state index is 0.0176. The van der Waals surface area contributed by atoms with Crippen molar-refractivity contribution in [3.8, 4) is 11.5 Å². The summed E-state index contributed by atoms with van der Waals surface area (Å²) in [6, 6.07) is 16.6. The van der Waals surface area contributed by atoms with Crippen molar-refractivity contribution in [2.45, 2.75) is 12.8 Å². The molecule has 0 atom stereocenters. The number of hydrogen-bond donors (Lipinski definition) is 1. The first-order chi connectivity index (χ1) is 14.8. The fourth-order valence-corrected chi connectivity index (χ4v) is 2.84. The smallest absolute Gasteiger partial charge is 0.280 e. The van der Waals surface area contributed by atoms with Crippen molar-refractivity contribution in [2.75, 3.05) is 5.32 Å². The molecule has 158 valence electrons. The van der Waals surface area contributed by atoms with Gasteiger partial charge in [-0.15, -0.1) is 0 Å². The zero-order chi connectivity index (χ0) is 22.4. The van der Waals surface area contributed by atoms with Gasteiger partial charge in [-0.1, -0.05) is 23.7 Å². The van der Waals surface area contributed by atoms with E-state index in [0.717, 1.165) is 23.8 Å². The number of nitrogens with zero attached hydrogens (tertiary/aromatic N) is 2. The predicted octanol–water partition coefficient (Wildman–Crippen LogP) is 5.52. The zero-order valence-corrected chi connectivity index (χ0v) is 16.7. The number of rotatable bonds is 8. The van der Waals surface area contributed by atoms with Crippen LogP contribution in [-0.4, -0.2) is 15.8 Å². The third-order valence-electron chi connectivity index (χ3n) is 4.23. The van der Waals surface area contributed by atoms with Crippen molar-refractivity contribution in [1.29, 1.82) is 0 Å². The second kappa shape index (κ2) is 9.68. The van der Waals surface area contributed by atoms with Crippen molar-refractivity contribution in [3.63, 3.8) is 0 Å². The topological polar surface area (TPSA) is 125 Å². The molecule has 0 aliphatic heterocycles. The Bertz CT molecular complexity index is 1080. The SMILES string of the molecule is O=C(CCc1ccc(Oc2cc([N+](=O)[O-])cc([N+](=O)[O-])c2)cc1)Nc1ccc(Cl)cc1. The molecule has 31 heavy (non-hydrogen) atoms. The van der Waals surface area contributed by atoms with E-state index in [1.54, 1.807) is 48.5 Å². The van der Waals surface area contributed by atoms with Gasteiger partial charge in [0.25, 0.3) is 11.4 Å². The quantitative estimate of drug-likeness (QED) is 0.362. The molecular weight excluding hydrogens is 426 g/mol. The minimum Gasteiger partial charge on any atom is -0.457 e. The monoisotopic (exact) mass is 441 g/mol. The van der Waals surface area contributed by atoms with Crippen LogP contribution in [0.4, 0.5) is 17.1 Å². The minimum atomic E-state index is -0.724. The molecule has 3 rings (SSSR count). The van der Waals surface area contributed by atoms with E-state index in [9.17, 15) is 25.0 Å². The van der Waals surface area contributed by atoms with E-state index in [4.69, 9.17) is 16.3 Å². The van der Waals surface area contributed by atoms with E-state index in [1.807, 2.05) is 0 Å². The molecule has 0 saturated carbocycles. The van der Waals surface area contributed by atoms with Gasteiger partial charge in [0.2, 0.25) is 5.91 Å². The summed E-state index contributed by atoms with van der Waals surface area (Å²) in [5.41, 5.74) is 0.660. The van der Waals surface area contributed by atoms with E-state index in [-0.39, 0.29) is 18.1 Å². The highest BCUT2D eigenvalue weighted by molar-refractivity contribution is 6.30. The largest absolute Gasteiger partial charge is 0.457 e. The molecule has 9 nitrogen and oxygen atoms in total. The molecule has 10 heteroatoms. The third-order valence-corrected chi connectivity index (χ3v) is 4.48. The number of anilines is 1. The first-order valence-electron chi connectivity index (χ1n) is 9.06. The molecule has 3 aromatic carbocycles. The Morgan fingerprint density at radius 1 is 0.871 bits per heavy atom. The predicted molar refractivity (Wildman–Crippen MR) is 115 cm³/mol. The van der Waals surface area contributed by atoms with Crippen LogP contribution in [0, 0.1) is 20.2 Å². The van der Waals surface area contributed by atoms with Crippen LogP contribution in [0.2, 0.25) is 5.02 Å². The molecule has 1 amide bonds. The van der Waals surface area contributed by atoms with Gasteiger partial charge in [-0.25, -0.2) is 0 Å². The van der Waals surface area contributed by atoms with Crippen LogP contribution in [0.15, 0.2) is 66.7 Å². The third kappa shape index (κ3) is 6.25. The number of non-ortho nitro benzene ring substituents is 2. The molecule has 0 aliphatic rings. The normalized spacial score (nSPS) is 10.4. The molecule has 0 unspecified atom stereocenters. The number of nitro groups is 2. The van der Waals surface area contributed by atoms with Crippen LogP contribution >= 0.6 is 11.6 Å². The van der Waals surface area contributed by atoms with E-state index < -0.39 is 21.2 Å². The average Bonchev–Trinajstić information content (AvgIpc) is 2.74. The van der Waals surface area contributed by atoms with Crippen molar-refractivity contribution in [2.24, 2.45) is 0 Å². The number of benzene rings is 3. The molecule has 1 N–H and O–H groups in total. The summed E-state index contributed by atoms with van der Waals surface area (Å²) in [5.74, 6) is 0.187. The van der Waals surface area contributed by atoms with E-state index in [0.29, 0.717) is 22.9 Å². The van der Waals surface area contributed by atoms with Crippen molar-refractivity contribution in [1.82, 2.24) is 0 Å². The zero-order valence-electron chi connectivity index (χ0n) is 16.0. The Balaban J connectivity index is 1.60. The number of carbonyl (C=O) groups is 1. The van der Waals surface area contributed by atoms with Gasteiger partial charge in [0, 0.05) is 17.1 Å². The molecule has 0 saturated heterocycles. The van der Waals surface area contributed by atoms with Crippen LogP contribution in [0.1, 0.15) is 12.0 Å². The first-order valence-corrected chi connectivity index (χ1v) is 9.44. The highest BCUT2D eigenvalue weighted by Crippen LogP contribution is 2.30. The summed E-state index contributed by atoms with van der Waals surface area (Å²) in [7, 11) is 0. The summed E-state index contributed by atoms with van der Waals surface area (Å²) in [4.78, 5) is 32.6. The first kappa shape index (κ1) is 21.7. The van der Waals surface area contributed by atoms with Gasteiger partial charge in [-0.3, -0.25) is 25.0 Å². The van der Waals surface area contributed by atoms with Crippen LogP contribution < -0.4 is 10.1 Å². The van der Waals surface area contributed by atoms with Crippen LogP contribution in [0.25, 0.3) is 0 Å². The van der Waals surface area contributed by atoms with E-state index in [1.165, 1.54) is 0 Å². The molecule has 0 aliphatic carbocycles. The Hall–Kier alpha value is -3.98. The molecule has 0 aromatic heterocycles. The number of nitrogens with one attached hydrogen (secondary N) is 1. The van der Waals surface area contributed by atoms with Crippen molar-refractivity contribution in [3.05, 3.63) is 97.5 Å². The fraction of sp³-hybridized carbons (Fsp3) is 0.0952. The number of ether oxygens (including phenoxy) is 1. The molecule has 0 fully saturated rings. The Morgan fingerprint density at radius 2 is 1.45 bits per heavy atom. The number of carbonyl (C=O) groups excluding carboxylic acids is 1. The number of nitro benzene ring substituents is 2. The number of amides is 1. The van der Waals surface area contributed by atoms with Gasteiger partial charge in [-0.05, 0) is 48.4 Å². The maximum Gasteiger partial charge on any atom is 0.280 e. The summed E-state index contributed by atoms with van der Waals surface area (Å²) in [6.07, 6.45) is 0.752. The molecule has 0 spiro atoms. The van der Waals surface area contributed by atoms with Gasteiger partial charge in [-0.2, -0.15) is 0 Å². The lowest BCUT2D eigenvalue weighted by molar-refractivity contribution is -0.394. The number of halogens is 1. The summed E-state index contributed by atoms with van der Waals surface area (Å²) >= 11 is 5.81. The van der Waals surface area contributed by atoms with E-state index >= 15 is 0 Å². The summed E-state index contributed by atoms with van der Waals surface area (Å²) in [6.45, 7) is 0. The molecular formula is C21H16ClN3O6. The average molecular weight is 442 g/mol.